The fraction of sp³-hybridized carbons (Fsp3) is 0.250. The van der Waals surface area contributed by atoms with E-state index in [1.807, 2.05) is 0 Å². The van der Waals surface area contributed by atoms with Gasteiger partial charge in [0, 0.05) is 11.9 Å². The molecule has 0 aliphatic rings. The van der Waals surface area contributed by atoms with Gasteiger partial charge in [-0.1, -0.05) is 12.2 Å². The zero-order valence-electron chi connectivity index (χ0n) is 7.21. The Balaban J connectivity index is 2.69. The molecule has 1 aromatic heterocycles. The van der Waals surface area contributed by atoms with E-state index in [-0.39, 0.29) is 4.99 Å². The fourth-order valence-electron chi connectivity index (χ4n) is 0.870. The maximum absolute atomic E-state index is 11.9. The Kier molecular flexibility index (Phi) is 3.70. The van der Waals surface area contributed by atoms with Gasteiger partial charge in [-0.15, -0.1) is 0 Å². The molecule has 3 nitrogen and oxygen atoms in total. The molecule has 0 fully saturated rings. The highest BCUT2D eigenvalue weighted by Crippen LogP contribution is 2.08. The number of alkyl halides is 2. The van der Waals surface area contributed by atoms with Gasteiger partial charge in [-0.25, -0.2) is 8.78 Å². The summed E-state index contributed by atoms with van der Waals surface area (Å²) in [4.78, 5) is 4.02. The molecule has 0 aliphatic heterocycles. The highest BCUT2D eigenvalue weighted by Gasteiger charge is 2.03. The minimum Gasteiger partial charge on any atom is -0.388 e. The van der Waals surface area contributed by atoms with Gasteiger partial charge in [-0.05, 0) is 12.1 Å². The van der Waals surface area contributed by atoms with Crippen LogP contribution in [0.2, 0.25) is 0 Å². The van der Waals surface area contributed by atoms with E-state index in [1.54, 1.807) is 6.07 Å². The molecule has 14 heavy (non-hydrogen) atoms. The smallest absolute Gasteiger partial charge is 0.255 e. The third-order valence-corrected chi connectivity index (χ3v) is 1.68. The molecule has 1 aromatic rings. The third kappa shape index (κ3) is 3.21. The topological polar surface area (TPSA) is 50.9 Å². The van der Waals surface area contributed by atoms with Crippen molar-refractivity contribution >= 4 is 22.9 Å². The van der Waals surface area contributed by atoms with Crippen LogP contribution in [0, 0.1) is 0 Å². The maximum Gasteiger partial charge on any atom is 0.255 e. The molecule has 1 heterocycles. The quantitative estimate of drug-likeness (QED) is 0.748. The van der Waals surface area contributed by atoms with Crippen molar-refractivity contribution < 1.29 is 8.78 Å². The van der Waals surface area contributed by atoms with Gasteiger partial charge in [0.2, 0.25) is 0 Å². The van der Waals surface area contributed by atoms with Crippen molar-refractivity contribution in [3.8, 4) is 0 Å². The highest BCUT2D eigenvalue weighted by atomic mass is 32.1. The van der Waals surface area contributed by atoms with Gasteiger partial charge < -0.3 is 11.1 Å². The predicted molar refractivity (Wildman–Crippen MR) is 54.6 cm³/mol. The molecule has 0 saturated heterocycles. The van der Waals surface area contributed by atoms with Gasteiger partial charge >= 0.3 is 0 Å². The third-order valence-electron chi connectivity index (χ3n) is 1.47. The molecule has 0 unspecified atom stereocenters. The molecule has 0 saturated carbocycles. The zero-order chi connectivity index (χ0) is 10.6. The van der Waals surface area contributed by atoms with E-state index in [0.29, 0.717) is 11.4 Å². The van der Waals surface area contributed by atoms with Crippen molar-refractivity contribution in [3.63, 3.8) is 0 Å². The molecular formula is C8H9F2N3S. The van der Waals surface area contributed by atoms with Gasteiger partial charge in [0.1, 0.15) is 4.99 Å². The molecule has 0 radical (unpaired) electrons. The molecule has 0 aliphatic carbocycles. The largest absolute Gasteiger partial charge is 0.388 e. The summed E-state index contributed by atoms with van der Waals surface area (Å²) in [7, 11) is 0. The zero-order valence-corrected chi connectivity index (χ0v) is 8.02. The first-order valence-electron chi connectivity index (χ1n) is 3.87. The molecular weight excluding hydrogens is 208 g/mol. The lowest BCUT2D eigenvalue weighted by atomic mass is 10.3. The highest BCUT2D eigenvalue weighted by molar-refractivity contribution is 7.80. The number of hydrogen-bond donors (Lipinski definition) is 2. The minimum absolute atomic E-state index is 0.144. The molecule has 0 aromatic carbocycles. The molecule has 3 N–H and O–H groups in total. The lowest BCUT2D eigenvalue weighted by Gasteiger charge is -2.06. The number of aromatic nitrogens is 1. The Bertz CT molecular complexity index is 330. The number of nitrogens with zero attached hydrogens (tertiary/aromatic N) is 1. The van der Waals surface area contributed by atoms with Crippen molar-refractivity contribution in [2.75, 3.05) is 11.9 Å². The summed E-state index contributed by atoms with van der Waals surface area (Å²) in [5.41, 5.74) is 6.28. The summed E-state index contributed by atoms with van der Waals surface area (Å²) in [5.74, 6) is 0. The number of anilines is 1. The Morgan fingerprint density at radius 3 is 2.93 bits per heavy atom. The molecule has 0 bridgehead atoms. The Morgan fingerprint density at radius 2 is 2.36 bits per heavy atom. The maximum atomic E-state index is 11.9. The van der Waals surface area contributed by atoms with E-state index < -0.39 is 13.0 Å². The van der Waals surface area contributed by atoms with E-state index in [9.17, 15) is 8.78 Å². The Hall–Kier alpha value is -1.30. The van der Waals surface area contributed by atoms with Crippen molar-refractivity contribution in [1.82, 2.24) is 4.98 Å². The summed E-state index contributed by atoms with van der Waals surface area (Å²) in [6.07, 6.45) is -0.932. The van der Waals surface area contributed by atoms with Crippen LogP contribution in [0.4, 0.5) is 14.5 Å². The van der Waals surface area contributed by atoms with Crippen LogP contribution < -0.4 is 11.1 Å². The second-order valence-electron chi connectivity index (χ2n) is 2.57. The number of halogens is 2. The standard InChI is InChI=1S/C8H9F2N3S/c9-7(10)4-13-5-1-2-12-6(3-5)8(11)14/h1-3,7H,4H2,(H2,11,14)(H,12,13). The molecule has 76 valence electrons. The second-order valence-corrected chi connectivity index (χ2v) is 3.01. The number of nitrogens with two attached hydrogens (primary N) is 1. The first kappa shape index (κ1) is 10.8. The van der Waals surface area contributed by atoms with E-state index >= 15 is 0 Å². The Morgan fingerprint density at radius 1 is 1.64 bits per heavy atom. The summed E-state index contributed by atoms with van der Waals surface area (Å²) >= 11 is 4.70. The van der Waals surface area contributed by atoms with Gasteiger partial charge in [0.05, 0.1) is 12.2 Å². The van der Waals surface area contributed by atoms with Crippen molar-refractivity contribution in [2.45, 2.75) is 6.43 Å². The number of thiocarbonyl (C=S) groups is 1. The van der Waals surface area contributed by atoms with Crippen LogP contribution in [0.5, 0.6) is 0 Å². The van der Waals surface area contributed by atoms with Crippen molar-refractivity contribution in [2.24, 2.45) is 5.73 Å². The molecule has 0 spiro atoms. The Labute approximate surface area is 85.3 Å². The first-order chi connectivity index (χ1) is 6.59. The average molecular weight is 217 g/mol. The van der Waals surface area contributed by atoms with E-state index in [4.69, 9.17) is 18.0 Å². The van der Waals surface area contributed by atoms with Crippen LogP contribution in [0.3, 0.4) is 0 Å². The molecule has 0 atom stereocenters. The van der Waals surface area contributed by atoms with E-state index in [1.165, 1.54) is 12.3 Å². The summed E-state index contributed by atoms with van der Waals surface area (Å²) in [5, 5.41) is 2.53. The molecule has 1 rings (SSSR count). The van der Waals surface area contributed by atoms with Crippen LogP contribution >= 0.6 is 12.2 Å². The van der Waals surface area contributed by atoms with Crippen molar-refractivity contribution in [1.29, 1.82) is 0 Å². The fourth-order valence-corrected chi connectivity index (χ4v) is 0.982. The lowest BCUT2D eigenvalue weighted by molar-refractivity contribution is 0.163. The van der Waals surface area contributed by atoms with Crippen LogP contribution in [0.15, 0.2) is 18.3 Å². The molecule has 0 amide bonds. The lowest BCUT2D eigenvalue weighted by Crippen LogP contribution is -2.14. The second kappa shape index (κ2) is 4.80. The van der Waals surface area contributed by atoms with Gasteiger partial charge in [0.25, 0.3) is 6.43 Å². The van der Waals surface area contributed by atoms with Gasteiger partial charge in [-0.3, -0.25) is 4.98 Å². The summed E-state index contributed by atoms with van der Waals surface area (Å²) in [6.45, 7) is -0.402. The van der Waals surface area contributed by atoms with E-state index in [2.05, 4.69) is 10.3 Å². The van der Waals surface area contributed by atoms with Crippen LogP contribution in [-0.2, 0) is 0 Å². The summed E-state index contributed by atoms with van der Waals surface area (Å²) < 4.78 is 23.7. The van der Waals surface area contributed by atoms with Gasteiger partial charge in [-0.2, -0.15) is 0 Å². The number of nitrogens with one attached hydrogen (secondary N) is 1. The average Bonchev–Trinajstić information content (AvgIpc) is 2.15. The minimum atomic E-state index is -2.39. The SMILES string of the molecule is NC(=S)c1cc(NCC(F)F)ccn1. The van der Waals surface area contributed by atoms with E-state index in [0.717, 1.165) is 0 Å². The number of rotatable bonds is 4. The van der Waals surface area contributed by atoms with Crippen LogP contribution in [0.1, 0.15) is 5.69 Å². The molecule has 6 heteroatoms. The monoisotopic (exact) mass is 217 g/mol. The van der Waals surface area contributed by atoms with Crippen LogP contribution in [0.25, 0.3) is 0 Å². The predicted octanol–water partition coefficient (Wildman–Crippen LogP) is 1.39. The number of hydrogen-bond acceptors (Lipinski definition) is 3. The summed E-state index contributed by atoms with van der Waals surface area (Å²) in [6, 6.07) is 3.11. The van der Waals surface area contributed by atoms with Crippen LogP contribution in [-0.4, -0.2) is 22.9 Å². The first-order valence-corrected chi connectivity index (χ1v) is 4.28. The van der Waals surface area contributed by atoms with Crippen molar-refractivity contribution in [3.05, 3.63) is 24.0 Å². The normalized spacial score (nSPS) is 10.2. The van der Waals surface area contributed by atoms with Gasteiger partial charge in [0.15, 0.2) is 0 Å². The number of pyridine rings is 1.